The summed E-state index contributed by atoms with van der Waals surface area (Å²) in [6.07, 6.45) is 0. The summed E-state index contributed by atoms with van der Waals surface area (Å²) in [7, 11) is 1.48. The monoisotopic (exact) mass is 357 g/mol. The van der Waals surface area contributed by atoms with Crippen LogP contribution in [0.25, 0.3) is 0 Å². The maximum Gasteiger partial charge on any atom is 0.337 e. The molecule has 0 spiro atoms. The Morgan fingerprint density at radius 1 is 1.45 bits per heavy atom. The zero-order chi connectivity index (χ0) is 14.7. The minimum atomic E-state index is -1.10. The van der Waals surface area contributed by atoms with E-state index in [1.807, 2.05) is 11.4 Å². The largest absolute Gasteiger partial charge is 0.493 e. The summed E-state index contributed by atoms with van der Waals surface area (Å²) in [6, 6.07) is 4.74. The number of methoxy groups -OCH3 is 1. The molecular formula is C13H12BrNO4S. The maximum atomic E-state index is 11.1. The minimum Gasteiger partial charge on any atom is -0.493 e. The first-order valence-electron chi connectivity index (χ1n) is 5.58. The molecule has 1 aromatic carbocycles. The smallest absolute Gasteiger partial charge is 0.337 e. The Morgan fingerprint density at radius 3 is 2.75 bits per heavy atom. The van der Waals surface area contributed by atoms with E-state index in [4.69, 9.17) is 20.3 Å². The van der Waals surface area contributed by atoms with Crippen LogP contribution in [-0.4, -0.2) is 18.2 Å². The predicted molar refractivity (Wildman–Crippen MR) is 80.7 cm³/mol. The zero-order valence-electron chi connectivity index (χ0n) is 10.6. The van der Waals surface area contributed by atoms with Crippen LogP contribution in [0.1, 0.15) is 15.2 Å². The van der Waals surface area contributed by atoms with Crippen molar-refractivity contribution >= 4 is 38.9 Å². The number of hydrogen-bond acceptors (Lipinski definition) is 5. The van der Waals surface area contributed by atoms with Crippen molar-refractivity contribution in [3.63, 3.8) is 0 Å². The molecule has 0 radical (unpaired) electrons. The lowest BCUT2D eigenvalue weighted by Crippen LogP contribution is -2.05. The van der Waals surface area contributed by atoms with Crippen LogP contribution in [0.2, 0.25) is 0 Å². The van der Waals surface area contributed by atoms with Crippen LogP contribution in [-0.2, 0) is 6.61 Å². The Hall–Kier alpha value is -1.73. The van der Waals surface area contributed by atoms with Gasteiger partial charge in [-0.05, 0) is 27.4 Å². The number of rotatable bonds is 5. The molecule has 0 bridgehead atoms. The summed E-state index contributed by atoms with van der Waals surface area (Å²) in [5.41, 5.74) is 5.79. The number of nitrogens with two attached hydrogens (primary N) is 1. The van der Waals surface area contributed by atoms with Gasteiger partial charge in [-0.1, -0.05) is 0 Å². The quantitative estimate of drug-likeness (QED) is 0.801. The Balaban J connectivity index is 2.28. The van der Waals surface area contributed by atoms with Crippen LogP contribution in [0.15, 0.2) is 28.1 Å². The average Bonchev–Trinajstić information content (AvgIpc) is 2.82. The number of carboxylic acids is 1. The predicted octanol–water partition coefficient (Wildman–Crippen LogP) is 3.38. The molecule has 0 saturated carbocycles. The number of carbonyl (C=O) groups is 1. The van der Waals surface area contributed by atoms with Crippen molar-refractivity contribution in [2.24, 2.45) is 0 Å². The number of thiophene rings is 1. The normalized spacial score (nSPS) is 10.3. The maximum absolute atomic E-state index is 11.1. The Bertz CT molecular complexity index is 641. The van der Waals surface area contributed by atoms with E-state index < -0.39 is 5.97 Å². The van der Waals surface area contributed by atoms with Crippen molar-refractivity contribution in [3.05, 3.63) is 38.5 Å². The molecule has 0 aliphatic rings. The van der Waals surface area contributed by atoms with E-state index in [0.29, 0.717) is 18.1 Å². The lowest BCUT2D eigenvalue weighted by Gasteiger charge is -2.12. The third kappa shape index (κ3) is 3.05. The second kappa shape index (κ2) is 6.15. The van der Waals surface area contributed by atoms with E-state index in [2.05, 4.69) is 15.9 Å². The first-order chi connectivity index (χ1) is 9.52. The molecule has 3 N–H and O–H groups in total. The van der Waals surface area contributed by atoms with Crippen LogP contribution >= 0.6 is 27.3 Å². The number of nitrogen functional groups attached to an aromatic ring is 1. The zero-order valence-corrected chi connectivity index (χ0v) is 13.0. The van der Waals surface area contributed by atoms with Gasteiger partial charge < -0.3 is 20.3 Å². The molecule has 0 fully saturated rings. The third-order valence-corrected chi connectivity index (χ3v) is 4.52. The lowest BCUT2D eigenvalue weighted by atomic mass is 10.1. The highest BCUT2D eigenvalue weighted by Crippen LogP contribution is 2.34. The van der Waals surface area contributed by atoms with E-state index in [1.54, 1.807) is 11.3 Å². The summed E-state index contributed by atoms with van der Waals surface area (Å²) < 4.78 is 11.7. The van der Waals surface area contributed by atoms with Gasteiger partial charge in [-0.25, -0.2) is 4.79 Å². The molecule has 0 saturated heterocycles. The summed E-state index contributed by atoms with van der Waals surface area (Å²) in [5.74, 6) is -0.355. The van der Waals surface area contributed by atoms with E-state index in [1.165, 1.54) is 19.2 Å². The molecule has 0 aliphatic carbocycles. The van der Waals surface area contributed by atoms with Crippen molar-refractivity contribution in [3.8, 4) is 11.5 Å². The Kier molecular flexibility index (Phi) is 4.51. The minimum absolute atomic E-state index is 0.00829. The molecule has 0 unspecified atom stereocenters. The summed E-state index contributed by atoms with van der Waals surface area (Å²) in [4.78, 5) is 12.1. The SMILES string of the molecule is COc1cc(N)c(C(=O)O)cc1OCc1sccc1Br. The van der Waals surface area contributed by atoms with Gasteiger partial charge in [-0.15, -0.1) is 11.3 Å². The van der Waals surface area contributed by atoms with Crippen molar-refractivity contribution < 1.29 is 19.4 Å². The molecular weight excluding hydrogens is 346 g/mol. The molecule has 0 atom stereocenters. The van der Waals surface area contributed by atoms with Crippen molar-refractivity contribution in [2.75, 3.05) is 12.8 Å². The first kappa shape index (κ1) is 14.7. The highest BCUT2D eigenvalue weighted by molar-refractivity contribution is 9.10. The van der Waals surface area contributed by atoms with Gasteiger partial charge in [-0.2, -0.15) is 0 Å². The molecule has 1 aromatic heterocycles. The van der Waals surface area contributed by atoms with Crippen molar-refractivity contribution in [1.29, 1.82) is 0 Å². The molecule has 20 heavy (non-hydrogen) atoms. The number of hydrogen-bond donors (Lipinski definition) is 2. The van der Waals surface area contributed by atoms with Gasteiger partial charge in [0.25, 0.3) is 0 Å². The van der Waals surface area contributed by atoms with Crippen LogP contribution in [0.4, 0.5) is 5.69 Å². The molecule has 2 aromatic rings. The highest BCUT2D eigenvalue weighted by atomic mass is 79.9. The van der Waals surface area contributed by atoms with Crippen LogP contribution in [0, 0.1) is 0 Å². The highest BCUT2D eigenvalue weighted by Gasteiger charge is 2.15. The lowest BCUT2D eigenvalue weighted by molar-refractivity contribution is 0.0697. The topological polar surface area (TPSA) is 81.8 Å². The number of halogens is 1. The molecule has 1 heterocycles. The summed E-state index contributed by atoms with van der Waals surface area (Å²) >= 11 is 4.95. The van der Waals surface area contributed by atoms with E-state index in [9.17, 15) is 4.79 Å². The average molecular weight is 358 g/mol. The number of carboxylic acid groups (broad SMARTS) is 1. The van der Waals surface area contributed by atoms with Gasteiger partial charge in [0, 0.05) is 16.6 Å². The van der Waals surface area contributed by atoms with Gasteiger partial charge in [0.15, 0.2) is 11.5 Å². The first-order valence-corrected chi connectivity index (χ1v) is 7.25. The Morgan fingerprint density at radius 2 is 2.20 bits per heavy atom. The van der Waals surface area contributed by atoms with Gasteiger partial charge >= 0.3 is 5.97 Å². The van der Waals surface area contributed by atoms with Crippen molar-refractivity contribution in [1.82, 2.24) is 0 Å². The van der Waals surface area contributed by atoms with Gasteiger partial charge in [0.1, 0.15) is 6.61 Å². The second-order valence-electron chi connectivity index (χ2n) is 3.88. The number of anilines is 1. The summed E-state index contributed by atoms with van der Waals surface area (Å²) in [5, 5.41) is 11.0. The van der Waals surface area contributed by atoms with E-state index in [-0.39, 0.29) is 11.3 Å². The third-order valence-electron chi connectivity index (χ3n) is 2.62. The van der Waals surface area contributed by atoms with Crippen LogP contribution < -0.4 is 15.2 Å². The molecule has 0 aliphatic heterocycles. The molecule has 106 valence electrons. The van der Waals surface area contributed by atoms with E-state index in [0.717, 1.165) is 9.35 Å². The van der Waals surface area contributed by atoms with Crippen molar-refractivity contribution in [2.45, 2.75) is 6.61 Å². The van der Waals surface area contributed by atoms with Gasteiger partial charge in [0.2, 0.25) is 0 Å². The standard InChI is InChI=1S/C13H12BrNO4S/c1-18-10-5-9(15)7(13(16)17)4-11(10)19-6-12-8(14)2-3-20-12/h2-5H,6,15H2,1H3,(H,16,17). The number of benzene rings is 1. The van der Waals surface area contributed by atoms with Crippen LogP contribution in [0.5, 0.6) is 11.5 Å². The molecule has 5 nitrogen and oxygen atoms in total. The van der Waals surface area contributed by atoms with Gasteiger partial charge in [0.05, 0.1) is 23.2 Å². The molecule has 0 amide bonds. The molecule has 7 heteroatoms. The van der Waals surface area contributed by atoms with E-state index >= 15 is 0 Å². The summed E-state index contributed by atoms with van der Waals surface area (Å²) in [6.45, 7) is 0.317. The second-order valence-corrected chi connectivity index (χ2v) is 5.73. The fourth-order valence-electron chi connectivity index (χ4n) is 1.60. The van der Waals surface area contributed by atoms with Crippen LogP contribution in [0.3, 0.4) is 0 Å². The van der Waals surface area contributed by atoms with Gasteiger partial charge in [-0.3, -0.25) is 0 Å². The fraction of sp³-hybridized carbons (Fsp3) is 0.154. The fourth-order valence-corrected chi connectivity index (χ4v) is 2.98. The Labute approximate surface area is 128 Å². The number of ether oxygens (including phenoxy) is 2. The molecule has 2 rings (SSSR count). The number of aromatic carboxylic acids is 1.